The monoisotopic (exact) mass is 451 g/mol. The van der Waals surface area contributed by atoms with Gasteiger partial charge in [-0.05, 0) is 47.5 Å². The zero-order valence-corrected chi connectivity index (χ0v) is 18.4. The lowest BCUT2D eigenvalue weighted by Gasteiger charge is -2.37. The van der Waals surface area contributed by atoms with Crippen molar-refractivity contribution in [3.63, 3.8) is 0 Å². The second-order valence-corrected chi connectivity index (χ2v) is 8.13. The van der Waals surface area contributed by atoms with Gasteiger partial charge in [-0.15, -0.1) is 0 Å². The second-order valence-electron chi connectivity index (χ2n) is 8.13. The molecule has 0 radical (unpaired) electrons. The summed E-state index contributed by atoms with van der Waals surface area (Å²) in [6.07, 6.45) is -0.582. The standard InChI is InChI=1S/C28H21NO5/c1-31-21-12-14-24-26(16-21)34-25-15-19(29-27(30)33-20-8-3-2-4-9-20)11-13-23(25)28(24)22-10-6-5-7-18(22)17-32-28/h2-16H,17H2,1H3,(H,29,30). The van der Waals surface area contributed by atoms with Crippen molar-refractivity contribution in [1.29, 1.82) is 0 Å². The van der Waals surface area contributed by atoms with Crippen molar-refractivity contribution in [2.45, 2.75) is 12.2 Å². The molecule has 4 aromatic carbocycles. The van der Waals surface area contributed by atoms with Crippen LogP contribution in [0.25, 0.3) is 0 Å². The number of hydrogen-bond acceptors (Lipinski definition) is 5. The molecule has 1 atom stereocenters. The third-order valence-electron chi connectivity index (χ3n) is 6.19. The third-order valence-corrected chi connectivity index (χ3v) is 6.19. The Morgan fingerprint density at radius 3 is 2.38 bits per heavy atom. The van der Waals surface area contributed by atoms with E-state index in [-0.39, 0.29) is 0 Å². The predicted octanol–water partition coefficient (Wildman–Crippen LogP) is 6.23. The topological polar surface area (TPSA) is 66.0 Å². The smallest absolute Gasteiger partial charge is 0.417 e. The Bertz CT molecular complexity index is 1400. The molecule has 1 amide bonds. The van der Waals surface area contributed by atoms with Crippen LogP contribution in [-0.4, -0.2) is 13.2 Å². The van der Waals surface area contributed by atoms with Crippen LogP contribution < -0.4 is 19.5 Å². The van der Waals surface area contributed by atoms with Gasteiger partial charge in [-0.1, -0.05) is 42.5 Å². The first kappa shape index (κ1) is 20.3. The first-order valence-corrected chi connectivity index (χ1v) is 10.9. The highest BCUT2D eigenvalue weighted by atomic mass is 16.6. The Kier molecular flexibility index (Phi) is 4.74. The largest absolute Gasteiger partial charge is 0.497 e. The molecule has 6 rings (SSSR count). The summed E-state index contributed by atoms with van der Waals surface area (Å²) in [6.45, 7) is 0.491. The molecule has 6 heteroatoms. The number of anilines is 1. The molecule has 2 heterocycles. The maximum atomic E-state index is 12.4. The lowest BCUT2D eigenvalue weighted by Crippen LogP contribution is -2.32. The van der Waals surface area contributed by atoms with Gasteiger partial charge in [0.15, 0.2) is 5.60 Å². The van der Waals surface area contributed by atoms with Crippen molar-refractivity contribution in [2.24, 2.45) is 0 Å². The number of benzene rings is 4. The first-order chi connectivity index (χ1) is 16.7. The Labute approximate surface area is 196 Å². The predicted molar refractivity (Wildman–Crippen MR) is 127 cm³/mol. The highest BCUT2D eigenvalue weighted by Crippen LogP contribution is 2.56. The average Bonchev–Trinajstić information content (AvgIpc) is 3.24. The van der Waals surface area contributed by atoms with Gasteiger partial charge in [0.25, 0.3) is 0 Å². The minimum absolute atomic E-state index is 0.463. The van der Waals surface area contributed by atoms with Crippen molar-refractivity contribution in [3.05, 3.63) is 113 Å². The fraction of sp³-hybridized carbons (Fsp3) is 0.107. The fourth-order valence-electron chi connectivity index (χ4n) is 4.68. The highest BCUT2D eigenvalue weighted by Gasteiger charge is 2.49. The maximum Gasteiger partial charge on any atom is 0.417 e. The minimum atomic E-state index is -0.811. The Hall–Kier alpha value is -4.29. The zero-order chi connectivity index (χ0) is 23.1. The molecule has 0 saturated heterocycles. The van der Waals surface area contributed by atoms with Gasteiger partial charge in [-0.2, -0.15) is 0 Å². The zero-order valence-electron chi connectivity index (χ0n) is 18.4. The first-order valence-electron chi connectivity index (χ1n) is 10.9. The molecule has 0 aromatic heterocycles. The van der Waals surface area contributed by atoms with Crippen LogP contribution in [-0.2, 0) is 16.9 Å². The van der Waals surface area contributed by atoms with Gasteiger partial charge in [0.1, 0.15) is 23.0 Å². The van der Waals surface area contributed by atoms with E-state index in [2.05, 4.69) is 17.4 Å². The van der Waals surface area contributed by atoms with Gasteiger partial charge < -0.3 is 18.9 Å². The van der Waals surface area contributed by atoms with Gasteiger partial charge in [-0.3, -0.25) is 5.32 Å². The number of hydrogen-bond donors (Lipinski definition) is 1. The summed E-state index contributed by atoms with van der Waals surface area (Å²) >= 11 is 0. The summed E-state index contributed by atoms with van der Waals surface area (Å²) < 4.78 is 23.6. The summed E-state index contributed by atoms with van der Waals surface area (Å²) in [5.74, 6) is 2.39. The van der Waals surface area contributed by atoms with E-state index in [1.54, 1.807) is 37.4 Å². The van der Waals surface area contributed by atoms with Crippen molar-refractivity contribution < 1.29 is 23.7 Å². The number of nitrogens with one attached hydrogen (secondary N) is 1. The number of carbonyl (C=O) groups excluding carboxylic acids is 1. The van der Waals surface area contributed by atoms with Gasteiger partial charge in [0, 0.05) is 28.9 Å². The quantitative estimate of drug-likeness (QED) is 0.400. The molecule has 2 aliphatic rings. The molecular weight excluding hydrogens is 430 g/mol. The number of methoxy groups -OCH3 is 1. The molecule has 168 valence electrons. The van der Waals surface area contributed by atoms with Gasteiger partial charge in [-0.25, -0.2) is 4.79 Å². The van der Waals surface area contributed by atoms with Gasteiger partial charge >= 0.3 is 6.09 Å². The van der Waals surface area contributed by atoms with E-state index in [1.165, 1.54) is 0 Å². The molecule has 1 unspecified atom stereocenters. The average molecular weight is 451 g/mol. The number of amides is 1. The summed E-state index contributed by atoms with van der Waals surface area (Å²) in [7, 11) is 1.62. The van der Waals surface area contributed by atoms with Crippen LogP contribution in [0, 0.1) is 0 Å². The van der Waals surface area contributed by atoms with E-state index in [1.807, 2.05) is 48.5 Å². The molecule has 0 bridgehead atoms. The van der Waals surface area contributed by atoms with Gasteiger partial charge in [0.05, 0.1) is 13.7 Å². The molecule has 1 N–H and O–H groups in total. The van der Waals surface area contributed by atoms with Crippen LogP contribution in [0.3, 0.4) is 0 Å². The van der Waals surface area contributed by atoms with Crippen LogP contribution in [0.5, 0.6) is 23.0 Å². The van der Waals surface area contributed by atoms with Crippen molar-refractivity contribution >= 4 is 11.8 Å². The van der Waals surface area contributed by atoms with E-state index >= 15 is 0 Å². The summed E-state index contributed by atoms with van der Waals surface area (Å²) in [5, 5.41) is 2.78. The van der Waals surface area contributed by atoms with E-state index in [0.717, 1.165) is 22.3 Å². The molecule has 0 saturated carbocycles. The van der Waals surface area contributed by atoms with Crippen LogP contribution in [0.2, 0.25) is 0 Å². The number of carbonyl (C=O) groups is 1. The van der Waals surface area contributed by atoms with Crippen molar-refractivity contribution in [1.82, 2.24) is 0 Å². The molecule has 2 aliphatic heterocycles. The van der Waals surface area contributed by atoms with Gasteiger partial charge in [0.2, 0.25) is 0 Å². The Balaban J connectivity index is 1.41. The van der Waals surface area contributed by atoms with E-state index in [0.29, 0.717) is 35.3 Å². The molecule has 34 heavy (non-hydrogen) atoms. The number of ether oxygens (including phenoxy) is 4. The highest BCUT2D eigenvalue weighted by molar-refractivity contribution is 5.87. The minimum Gasteiger partial charge on any atom is -0.497 e. The Morgan fingerprint density at radius 2 is 1.56 bits per heavy atom. The molecule has 4 aromatic rings. The van der Waals surface area contributed by atoms with Crippen LogP contribution >= 0.6 is 0 Å². The van der Waals surface area contributed by atoms with E-state index < -0.39 is 11.7 Å². The number of fused-ring (bicyclic) bond motifs is 6. The second kappa shape index (κ2) is 7.93. The van der Waals surface area contributed by atoms with E-state index in [4.69, 9.17) is 18.9 Å². The molecule has 6 nitrogen and oxygen atoms in total. The molecule has 1 spiro atoms. The number of rotatable bonds is 3. The van der Waals surface area contributed by atoms with Crippen molar-refractivity contribution in [2.75, 3.05) is 12.4 Å². The lowest BCUT2D eigenvalue weighted by atomic mass is 9.77. The summed E-state index contributed by atoms with van der Waals surface area (Å²) in [5.41, 5.74) is 3.73. The third kappa shape index (κ3) is 3.19. The van der Waals surface area contributed by atoms with Crippen molar-refractivity contribution in [3.8, 4) is 23.0 Å². The lowest BCUT2D eigenvalue weighted by molar-refractivity contribution is 0.0199. The Morgan fingerprint density at radius 1 is 0.824 bits per heavy atom. The molecule has 0 fully saturated rings. The summed E-state index contributed by atoms with van der Waals surface area (Å²) in [6, 6.07) is 28.4. The maximum absolute atomic E-state index is 12.4. The normalized spacial score (nSPS) is 17.2. The fourth-order valence-corrected chi connectivity index (χ4v) is 4.68. The van der Waals surface area contributed by atoms with Crippen LogP contribution in [0.15, 0.2) is 91.0 Å². The molecule has 0 aliphatic carbocycles. The molecular formula is C28H21NO5. The van der Waals surface area contributed by atoms with E-state index in [9.17, 15) is 4.79 Å². The SMILES string of the molecule is COc1ccc2c(c1)Oc1cc(NC(=O)Oc3ccccc3)ccc1C21OCc2ccccc21. The number of para-hydroxylation sites is 1. The summed E-state index contributed by atoms with van der Waals surface area (Å²) in [4.78, 5) is 12.4. The van der Waals surface area contributed by atoms with Crippen LogP contribution in [0.1, 0.15) is 22.3 Å². The van der Waals surface area contributed by atoms with Crippen LogP contribution in [0.4, 0.5) is 10.5 Å².